The summed E-state index contributed by atoms with van der Waals surface area (Å²) in [5.41, 5.74) is -0.294. The SMILES string of the molecule is CCC(NC(=O)O[C@](C=O)(CC1CCCCC1)N(C)C)C(=O)c1nc2ccccc2o1. The predicted octanol–water partition coefficient (Wildman–Crippen LogP) is 3.94. The number of Topliss-reactive ketones (excluding diaryl/α,β-unsaturated/α-hetero) is 1. The van der Waals surface area contributed by atoms with Gasteiger partial charge >= 0.3 is 6.09 Å². The molecule has 0 aliphatic heterocycles. The number of aldehydes is 1. The average molecular weight is 430 g/mol. The predicted molar refractivity (Wildman–Crippen MR) is 116 cm³/mol. The van der Waals surface area contributed by atoms with Gasteiger partial charge in [-0.2, -0.15) is 0 Å². The van der Waals surface area contributed by atoms with Crippen molar-refractivity contribution in [3.05, 3.63) is 30.2 Å². The fourth-order valence-corrected chi connectivity index (χ4v) is 4.11. The van der Waals surface area contributed by atoms with E-state index in [0.717, 1.165) is 25.7 Å². The van der Waals surface area contributed by atoms with Crippen LogP contribution in [0, 0.1) is 5.92 Å². The number of carbonyl (C=O) groups excluding carboxylic acids is 3. The van der Waals surface area contributed by atoms with Crippen molar-refractivity contribution in [1.29, 1.82) is 0 Å². The van der Waals surface area contributed by atoms with Gasteiger partial charge in [0.1, 0.15) is 11.6 Å². The van der Waals surface area contributed by atoms with Crippen LogP contribution in [-0.4, -0.2) is 53.9 Å². The van der Waals surface area contributed by atoms with Gasteiger partial charge in [-0.15, -0.1) is 0 Å². The second-order valence-electron chi connectivity index (χ2n) is 8.41. The summed E-state index contributed by atoms with van der Waals surface area (Å²) >= 11 is 0. The number of nitrogens with one attached hydrogen (secondary N) is 1. The Balaban J connectivity index is 1.70. The van der Waals surface area contributed by atoms with Gasteiger partial charge in [-0.05, 0) is 38.6 Å². The molecule has 1 aromatic heterocycles. The van der Waals surface area contributed by atoms with Crippen molar-refractivity contribution in [2.45, 2.75) is 63.6 Å². The number of hydrogen-bond acceptors (Lipinski definition) is 7. The van der Waals surface area contributed by atoms with Gasteiger partial charge in [0, 0.05) is 6.42 Å². The molecule has 0 saturated heterocycles. The third-order valence-electron chi connectivity index (χ3n) is 6.04. The molecule has 1 heterocycles. The van der Waals surface area contributed by atoms with Gasteiger partial charge in [-0.25, -0.2) is 9.78 Å². The van der Waals surface area contributed by atoms with Crippen molar-refractivity contribution in [1.82, 2.24) is 15.2 Å². The van der Waals surface area contributed by atoms with Crippen LogP contribution in [0.15, 0.2) is 28.7 Å². The van der Waals surface area contributed by atoms with Crippen LogP contribution < -0.4 is 5.32 Å². The monoisotopic (exact) mass is 429 g/mol. The molecule has 8 nitrogen and oxygen atoms in total. The molecule has 168 valence electrons. The molecule has 8 heteroatoms. The number of amides is 1. The molecule has 31 heavy (non-hydrogen) atoms. The maximum absolute atomic E-state index is 12.9. The average Bonchev–Trinajstić information content (AvgIpc) is 3.21. The van der Waals surface area contributed by atoms with Crippen molar-refractivity contribution in [2.75, 3.05) is 14.1 Å². The van der Waals surface area contributed by atoms with Gasteiger partial charge in [0.05, 0.1) is 0 Å². The van der Waals surface area contributed by atoms with E-state index in [1.54, 1.807) is 50.2 Å². The molecular formula is C23H31N3O5. The Hall–Kier alpha value is -2.74. The van der Waals surface area contributed by atoms with Crippen molar-refractivity contribution >= 4 is 29.3 Å². The molecule has 1 amide bonds. The second-order valence-corrected chi connectivity index (χ2v) is 8.41. The van der Waals surface area contributed by atoms with Crippen LogP contribution in [0.5, 0.6) is 0 Å². The summed E-state index contributed by atoms with van der Waals surface area (Å²) in [7, 11) is 3.43. The number of benzene rings is 1. The number of ether oxygens (including phenoxy) is 1. The van der Waals surface area contributed by atoms with E-state index in [4.69, 9.17) is 9.15 Å². The van der Waals surface area contributed by atoms with Crippen LogP contribution in [0.3, 0.4) is 0 Å². The smallest absolute Gasteiger partial charge is 0.409 e. The highest BCUT2D eigenvalue weighted by Gasteiger charge is 2.40. The minimum atomic E-state index is -1.37. The molecule has 1 aromatic carbocycles. The van der Waals surface area contributed by atoms with Crippen molar-refractivity contribution < 1.29 is 23.5 Å². The van der Waals surface area contributed by atoms with Crippen LogP contribution in [-0.2, 0) is 9.53 Å². The Morgan fingerprint density at radius 3 is 2.61 bits per heavy atom. The summed E-state index contributed by atoms with van der Waals surface area (Å²) in [5.74, 6) is -0.188. The van der Waals surface area contributed by atoms with E-state index in [9.17, 15) is 14.4 Å². The lowest BCUT2D eigenvalue weighted by Crippen LogP contribution is -2.54. The molecule has 0 radical (unpaired) electrons. The van der Waals surface area contributed by atoms with Gasteiger partial charge < -0.3 is 14.5 Å². The number of fused-ring (bicyclic) bond motifs is 1. The summed E-state index contributed by atoms with van der Waals surface area (Å²) < 4.78 is 11.2. The molecule has 1 N–H and O–H groups in total. The Morgan fingerprint density at radius 2 is 2.00 bits per heavy atom. The van der Waals surface area contributed by atoms with E-state index in [-0.39, 0.29) is 5.89 Å². The van der Waals surface area contributed by atoms with Crippen LogP contribution in [0.1, 0.15) is 62.6 Å². The number of hydrogen-bond donors (Lipinski definition) is 1. The second kappa shape index (κ2) is 10.0. The van der Waals surface area contributed by atoms with Crippen molar-refractivity contribution in [3.8, 4) is 0 Å². The first kappa shape index (κ1) is 22.9. The van der Waals surface area contributed by atoms with Gasteiger partial charge in [-0.1, -0.05) is 51.2 Å². The fraction of sp³-hybridized carbons (Fsp3) is 0.565. The largest absolute Gasteiger partial charge is 0.434 e. The highest BCUT2D eigenvalue weighted by atomic mass is 16.6. The number of rotatable bonds is 9. The zero-order valence-electron chi connectivity index (χ0n) is 18.4. The number of para-hydroxylation sites is 2. The van der Waals surface area contributed by atoms with E-state index in [1.807, 2.05) is 0 Å². The number of nitrogens with zero attached hydrogens (tertiary/aromatic N) is 2. The zero-order chi connectivity index (χ0) is 22.4. The van der Waals surface area contributed by atoms with Crippen LogP contribution in [0.25, 0.3) is 11.1 Å². The molecule has 2 atom stereocenters. The van der Waals surface area contributed by atoms with E-state index >= 15 is 0 Å². The zero-order valence-corrected chi connectivity index (χ0v) is 18.4. The first-order valence-electron chi connectivity index (χ1n) is 10.9. The molecule has 1 fully saturated rings. The molecule has 1 aliphatic carbocycles. The number of likely N-dealkylation sites (N-methyl/N-ethyl adjacent to an activating group) is 1. The summed E-state index contributed by atoms with van der Waals surface area (Å²) in [4.78, 5) is 43.5. The molecule has 1 unspecified atom stereocenters. The number of alkyl carbamates (subject to hydrolysis) is 1. The van der Waals surface area contributed by atoms with Gasteiger partial charge in [0.2, 0.25) is 11.5 Å². The third kappa shape index (κ3) is 5.31. The highest BCUT2D eigenvalue weighted by Crippen LogP contribution is 2.32. The lowest BCUT2D eigenvalue weighted by molar-refractivity contribution is -0.146. The summed E-state index contributed by atoms with van der Waals surface area (Å²) in [6.07, 6.45) is 6.11. The van der Waals surface area contributed by atoms with Crippen LogP contribution >= 0.6 is 0 Å². The Labute approximate surface area is 182 Å². The van der Waals surface area contributed by atoms with E-state index in [1.165, 1.54) is 6.42 Å². The standard InChI is InChI=1S/C23H31N3O5/c1-4-17(20(28)21-24-18-12-8-9-13-19(18)30-21)25-22(29)31-23(15-27,26(2)3)14-16-10-6-5-7-11-16/h8-9,12-13,15-17H,4-7,10-11,14H2,1-3H3,(H,25,29)/t17?,23-/m0/s1. The van der Waals surface area contributed by atoms with Crippen molar-refractivity contribution in [3.63, 3.8) is 0 Å². The maximum Gasteiger partial charge on any atom is 0.409 e. The topological polar surface area (TPSA) is 102 Å². The minimum Gasteiger partial charge on any atom is -0.434 e. The quantitative estimate of drug-likeness (QED) is 0.366. The molecule has 0 spiro atoms. The lowest BCUT2D eigenvalue weighted by atomic mass is 9.83. The minimum absolute atomic E-state index is 0.0650. The molecule has 1 aliphatic rings. The molecule has 1 saturated carbocycles. The Kier molecular flexibility index (Phi) is 7.43. The van der Waals surface area contributed by atoms with Gasteiger partial charge in [0.25, 0.3) is 5.89 Å². The number of aromatic nitrogens is 1. The van der Waals surface area contributed by atoms with Gasteiger partial charge in [-0.3, -0.25) is 14.5 Å². The van der Waals surface area contributed by atoms with Crippen molar-refractivity contribution in [2.24, 2.45) is 5.92 Å². The summed E-state index contributed by atoms with van der Waals surface area (Å²) in [5, 5.41) is 2.59. The third-order valence-corrected chi connectivity index (χ3v) is 6.04. The number of ketones is 1. The van der Waals surface area contributed by atoms with E-state index in [0.29, 0.717) is 36.1 Å². The fourth-order valence-electron chi connectivity index (χ4n) is 4.11. The van der Waals surface area contributed by atoms with E-state index < -0.39 is 23.6 Å². The Morgan fingerprint density at radius 1 is 1.29 bits per heavy atom. The highest BCUT2D eigenvalue weighted by molar-refractivity contribution is 5.99. The van der Waals surface area contributed by atoms with Crippen LogP contribution in [0.2, 0.25) is 0 Å². The first-order chi connectivity index (χ1) is 14.9. The normalized spacial score (nSPS) is 17.8. The van der Waals surface area contributed by atoms with Gasteiger partial charge in [0.15, 0.2) is 11.9 Å². The summed E-state index contributed by atoms with van der Waals surface area (Å²) in [6, 6.07) is 6.20. The molecular weight excluding hydrogens is 398 g/mol. The van der Waals surface area contributed by atoms with Crippen LogP contribution in [0.4, 0.5) is 4.79 Å². The molecule has 0 bridgehead atoms. The molecule has 3 rings (SSSR count). The number of oxazole rings is 1. The Bertz CT molecular complexity index is 886. The van der Waals surface area contributed by atoms with E-state index in [2.05, 4.69) is 10.3 Å². The maximum atomic E-state index is 12.9. The number of carbonyl (C=O) groups is 3. The first-order valence-corrected chi connectivity index (χ1v) is 10.9. The molecule has 2 aromatic rings. The summed E-state index contributed by atoms with van der Waals surface area (Å²) in [6.45, 7) is 1.77. The lowest BCUT2D eigenvalue weighted by Gasteiger charge is -2.38.